The summed E-state index contributed by atoms with van der Waals surface area (Å²) >= 11 is 5.59. The van der Waals surface area contributed by atoms with E-state index in [4.69, 9.17) is 11.6 Å². The fourth-order valence-electron chi connectivity index (χ4n) is 0.804. The molecule has 0 saturated carbocycles. The predicted molar refractivity (Wildman–Crippen MR) is 61.2 cm³/mol. The molecule has 5 heteroatoms. The van der Waals surface area contributed by atoms with Gasteiger partial charge in [-0.1, -0.05) is 0 Å². The molecule has 0 aromatic carbocycles. The van der Waals surface area contributed by atoms with Gasteiger partial charge in [-0.05, 0) is 41.0 Å². The van der Waals surface area contributed by atoms with Gasteiger partial charge in [0, 0.05) is 11.4 Å². The van der Waals surface area contributed by atoms with Crippen molar-refractivity contribution < 1.29 is 8.42 Å². The van der Waals surface area contributed by atoms with E-state index in [1.807, 2.05) is 13.8 Å². The lowest BCUT2D eigenvalue weighted by atomic mass is 10.0. The number of halogens is 1. The van der Waals surface area contributed by atoms with Crippen molar-refractivity contribution in [2.45, 2.75) is 51.3 Å². The Hall–Kier alpha value is 0.200. The molecule has 0 aliphatic rings. The minimum atomic E-state index is -3.29. The van der Waals surface area contributed by atoms with Crippen molar-refractivity contribution in [2.75, 3.05) is 5.88 Å². The maximum Gasteiger partial charge on any atom is 0.217 e. The van der Waals surface area contributed by atoms with E-state index in [9.17, 15) is 8.42 Å². The summed E-state index contributed by atoms with van der Waals surface area (Å²) in [6.07, 6.45) is 0.615. The van der Waals surface area contributed by atoms with E-state index < -0.39 is 20.3 Å². The lowest BCUT2D eigenvalue weighted by Crippen LogP contribution is -2.50. The molecule has 0 radical (unpaired) electrons. The highest BCUT2D eigenvalue weighted by Crippen LogP contribution is 2.19. The average Bonchev–Trinajstić information content (AvgIpc) is 1.80. The zero-order chi connectivity index (χ0) is 11.6. The molecule has 0 bridgehead atoms. The Morgan fingerprint density at radius 3 is 1.86 bits per heavy atom. The molecule has 0 atom stereocenters. The Kier molecular flexibility index (Phi) is 4.43. The Morgan fingerprint density at radius 2 is 1.57 bits per heavy atom. The summed E-state index contributed by atoms with van der Waals surface area (Å²) in [5.74, 6) is 0.444. The van der Waals surface area contributed by atoms with Crippen LogP contribution in [-0.4, -0.2) is 24.6 Å². The van der Waals surface area contributed by atoms with E-state index in [-0.39, 0.29) is 0 Å². The highest BCUT2D eigenvalue weighted by atomic mass is 35.5. The summed E-state index contributed by atoms with van der Waals surface area (Å²) in [5.41, 5.74) is -0.478. The lowest BCUT2D eigenvalue weighted by molar-refractivity contribution is 0.431. The fraction of sp³-hybridized carbons (Fsp3) is 1.00. The molecule has 0 aromatic rings. The van der Waals surface area contributed by atoms with Crippen LogP contribution in [0.4, 0.5) is 0 Å². The first-order valence-electron chi connectivity index (χ1n) is 4.61. The quantitative estimate of drug-likeness (QED) is 0.767. The monoisotopic (exact) mass is 241 g/mol. The first-order valence-corrected chi connectivity index (χ1v) is 6.63. The van der Waals surface area contributed by atoms with Gasteiger partial charge in [-0.2, -0.15) is 0 Å². The standard InChI is InChI=1S/C9H20ClNO2S/c1-8(2,3)14(12,13)11-9(4,5)6-7-10/h11H,6-7H2,1-5H3. The van der Waals surface area contributed by atoms with Crippen molar-refractivity contribution in [3.63, 3.8) is 0 Å². The highest BCUT2D eigenvalue weighted by molar-refractivity contribution is 7.90. The topological polar surface area (TPSA) is 46.2 Å². The van der Waals surface area contributed by atoms with Crippen LogP contribution in [0.25, 0.3) is 0 Å². The third-order valence-electron chi connectivity index (χ3n) is 1.94. The van der Waals surface area contributed by atoms with Crippen molar-refractivity contribution in [1.29, 1.82) is 0 Å². The minimum absolute atomic E-state index is 0.444. The van der Waals surface area contributed by atoms with Crippen LogP contribution in [-0.2, 0) is 10.0 Å². The maximum atomic E-state index is 11.8. The predicted octanol–water partition coefficient (Wildman–Crippen LogP) is 2.11. The molecule has 0 heterocycles. The molecule has 0 rings (SSSR count). The fourth-order valence-corrected chi connectivity index (χ4v) is 2.41. The molecule has 86 valence electrons. The number of sulfonamides is 1. The summed E-state index contributed by atoms with van der Waals surface area (Å²) < 4.78 is 25.5. The Labute approximate surface area is 92.3 Å². The second-order valence-electron chi connectivity index (χ2n) is 5.04. The van der Waals surface area contributed by atoms with Gasteiger partial charge in [0.2, 0.25) is 10.0 Å². The van der Waals surface area contributed by atoms with Gasteiger partial charge in [0.1, 0.15) is 0 Å². The summed E-state index contributed by atoms with van der Waals surface area (Å²) in [5, 5.41) is 0. The Morgan fingerprint density at radius 1 is 1.14 bits per heavy atom. The summed E-state index contributed by atoms with van der Waals surface area (Å²) in [7, 11) is -3.29. The van der Waals surface area contributed by atoms with Crippen LogP contribution in [0.3, 0.4) is 0 Å². The van der Waals surface area contributed by atoms with Crippen molar-refractivity contribution in [2.24, 2.45) is 0 Å². The van der Waals surface area contributed by atoms with Crippen molar-refractivity contribution in [3.8, 4) is 0 Å². The van der Waals surface area contributed by atoms with Crippen LogP contribution >= 0.6 is 11.6 Å². The molecule has 0 aromatic heterocycles. The van der Waals surface area contributed by atoms with Gasteiger partial charge in [-0.25, -0.2) is 13.1 Å². The molecule has 0 saturated heterocycles. The molecule has 0 spiro atoms. The van der Waals surface area contributed by atoms with E-state index in [0.717, 1.165) is 0 Å². The molecular weight excluding hydrogens is 222 g/mol. The van der Waals surface area contributed by atoms with Crippen molar-refractivity contribution in [3.05, 3.63) is 0 Å². The maximum absolute atomic E-state index is 11.8. The molecule has 0 aliphatic carbocycles. The van der Waals surface area contributed by atoms with Crippen molar-refractivity contribution in [1.82, 2.24) is 4.72 Å². The van der Waals surface area contributed by atoms with E-state index >= 15 is 0 Å². The van der Waals surface area contributed by atoms with Gasteiger partial charge in [0.25, 0.3) is 0 Å². The van der Waals surface area contributed by atoms with Gasteiger partial charge in [0.05, 0.1) is 4.75 Å². The molecular formula is C9H20ClNO2S. The second kappa shape index (κ2) is 4.37. The highest BCUT2D eigenvalue weighted by Gasteiger charge is 2.33. The second-order valence-corrected chi connectivity index (χ2v) is 7.85. The largest absolute Gasteiger partial charge is 0.217 e. The molecule has 0 fully saturated rings. The molecule has 1 N–H and O–H groups in total. The summed E-state index contributed by atoms with van der Waals surface area (Å²) in [6, 6.07) is 0. The average molecular weight is 242 g/mol. The third kappa shape index (κ3) is 4.15. The Bertz CT molecular complexity index is 278. The minimum Gasteiger partial charge on any atom is -0.212 e. The smallest absolute Gasteiger partial charge is 0.212 e. The SMILES string of the molecule is CC(C)(CCCl)NS(=O)(=O)C(C)(C)C. The first kappa shape index (κ1) is 14.2. The van der Waals surface area contributed by atoms with Crippen LogP contribution < -0.4 is 4.72 Å². The van der Waals surface area contributed by atoms with Crippen molar-refractivity contribution >= 4 is 21.6 Å². The normalized spacial score (nSPS) is 14.4. The zero-order valence-corrected chi connectivity index (χ0v) is 11.1. The van der Waals surface area contributed by atoms with E-state index in [1.54, 1.807) is 20.8 Å². The van der Waals surface area contributed by atoms with E-state index in [0.29, 0.717) is 12.3 Å². The van der Waals surface area contributed by atoms with Crippen LogP contribution in [0.2, 0.25) is 0 Å². The molecule has 0 amide bonds. The van der Waals surface area contributed by atoms with Gasteiger partial charge in [-0.15, -0.1) is 11.6 Å². The molecule has 14 heavy (non-hydrogen) atoms. The number of hydrogen-bond acceptors (Lipinski definition) is 2. The van der Waals surface area contributed by atoms with Gasteiger partial charge < -0.3 is 0 Å². The summed E-state index contributed by atoms with van der Waals surface area (Å²) in [6.45, 7) is 8.68. The molecule has 0 aliphatic heterocycles. The van der Waals surface area contributed by atoms with E-state index in [2.05, 4.69) is 4.72 Å². The van der Waals surface area contributed by atoms with Gasteiger partial charge in [-0.3, -0.25) is 0 Å². The zero-order valence-electron chi connectivity index (χ0n) is 9.52. The van der Waals surface area contributed by atoms with Gasteiger partial charge >= 0.3 is 0 Å². The van der Waals surface area contributed by atoms with Crippen LogP contribution in [0, 0.1) is 0 Å². The van der Waals surface area contributed by atoms with Crippen LogP contribution in [0.5, 0.6) is 0 Å². The van der Waals surface area contributed by atoms with Crippen LogP contribution in [0.1, 0.15) is 41.0 Å². The number of hydrogen-bond donors (Lipinski definition) is 1. The first-order chi connectivity index (χ1) is 6.02. The van der Waals surface area contributed by atoms with Gasteiger partial charge in [0.15, 0.2) is 0 Å². The third-order valence-corrected chi connectivity index (χ3v) is 4.56. The molecule has 3 nitrogen and oxygen atoms in total. The number of nitrogens with one attached hydrogen (secondary N) is 1. The number of alkyl halides is 1. The summed E-state index contributed by atoms with van der Waals surface area (Å²) in [4.78, 5) is 0. The van der Waals surface area contributed by atoms with E-state index in [1.165, 1.54) is 0 Å². The number of rotatable bonds is 4. The molecule has 0 unspecified atom stereocenters. The lowest BCUT2D eigenvalue weighted by Gasteiger charge is -2.30. The Balaban J connectivity index is 4.69. The van der Waals surface area contributed by atoms with Crippen LogP contribution in [0.15, 0.2) is 0 Å².